The van der Waals surface area contributed by atoms with Crippen molar-refractivity contribution in [3.63, 3.8) is 0 Å². The van der Waals surface area contributed by atoms with E-state index in [1.807, 2.05) is 31.2 Å². The van der Waals surface area contributed by atoms with Crippen LogP contribution < -0.4 is 15.4 Å². The molecule has 2 aromatic rings. The van der Waals surface area contributed by atoms with E-state index >= 15 is 0 Å². The van der Waals surface area contributed by atoms with Gasteiger partial charge in [0.1, 0.15) is 0 Å². The largest absolute Gasteiger partial charge is 0.325 e. The predicted molar refractivity (Wildman–Crippen MR) is 113 cm³/mol. The zero-order valence-corrected chi connectivity index (χ0v) is 17.9. The first-order valence-corrected chi connectivity index (χ1v) is 10.9. The molecule has 28 heavy (non-hydrogen) atoms. The lowest BCUT2D eigenvalue weighted by molar-refractivity contribution is -0.117. The second-order valence-corrected chi connectivity index (χ2v) is 9.04. The van der Waals surface area contributed by atoms with Crippen molar-refractivity contribution in [1.29, 1.82) is 0 Å². The highest BCUT2D eigenvalue weighted by Crippen LogP contribution is 2.22. The molecule has 8 heteroatoms. The first kappa shape index (κ1) is 22.4. The summed E-state index contributed by atoms with van der Waals surface area (Å²) in [4.78, 5) is 12.6. The fourth-order valence-corrected chi connectivity index (χ4v) is 4.26. The number of carbonyl (C=O) groups excluding carboxylic acids is 1. The standard InChI is InChI=1S/C20H26ClN3O3S/c1-13(2)24-28(26,27)17-11-9-16(10-12-17)23-20(25)15(4)22-14(3)18-7-5-6-8-19(18)21/h5-15,22,24H,1-4H3,(H,23,25)/t14-,15-/m1/s1. The van der Waals surface area contributed by atoms with E-state index in [0.29, 0.717) is 10.7 Å². The Balaban J connectivity index is 1.99. The molecule has 0 radical (unpaired) electrons. The maximum Gasteiger partial charge on any atom is 0.241 e. The summed E-state index contributed by atoms with van der Waals surface area (Å²) in [6.07, 6.45) is 0. The molecule has 0 fully saturated rings. The maximum atomic E-state index is 12.5. The van der Waals surface area contributed by atoms with Crippen molar-refractivity contribution in [2.75, 3.05) is 5.32 Å². The number of carbonyl (C=O) groups is 1. The lowest BCUT2D eigenvalue weighted by Crippen LogP contribution is -2.39. The van der Waals surface area contributed by atoms with Gasteiger partial charge in [0.05, 0.1) is 10.9 Å². The monoisotopic (exact) mass is 423 g/mol. The van der Waals surface area contributed by atoms with Gasteiger partial charge < -0.3 is 5.32 Å². The highest BCUT2D eigenvalue weighted by atomic mass is 35.5. The second kappa shape index (κ2) is 9.52. The number of nitrogens with one attached hydrogen (secondary N) is 3. The van der Waals surface area contributed by atoms with Crippen molar-refractivity contribution in [1.82, 2.24) is 10.0 Å². The van der Waals surface area contributed by atoms with Gasteiger partial charge in [0.15, 0.2) is 0 Å². The summed E-state index contributed by atoms with van der Waals surface area (Å²) < 4.78 is 26.8. The van der Waals surface area contributed by atoms with Gasteiger partial charge in [0.2, 0.25) is 15.9 Å². The van der Waals surface area contributed by atoms with Crippen LogP contribution in [0.25, 0.3) is 0 Å². The SMILES string of the molecule is CC(C)NS(=O)(=O)c1ccc(NC(=O)[C@@H](C)N[C@H](C)c2ccccc2Cl)cc1. The van der Waals surface area contributed by atoms with E-state index in [1.165, 1.54) is 12.1 Å². The normalized spacial score (nSPS) is 13.9. The van der Waals surface area contributed by atoms with Gasteiger partial charge in [0.25, 0.3) is 0 Å². The average Bonchev–Trinajstić information content (AvgIpc) is 2.61. The molecular weight excluding hydrogens is 398 g/mol. The minimum Gasteiger partial charge on any atom is -0.325 e. The average molecular weight is 424 g/mol. The van der Waals surface area contributed by atoms with Gasteiger partial charge in [-0.3, -0.25) is 10.1 Å². The third kappa shape index (κ3) is 6.04. The molecular formula is C20H26ClN3O3S. The van der Waals surface area contributed by atoms with E-state index in [9.17, 15) is 13.2 Å². The number of sulfonamides is 1. The molecule has 2 atom stereocenters. The summed E-state index contributed by atoms with van der Waals surface area (Å²) in [5, 5.41) is 6.64. The van der Waals surface area contributed by atoms with Crippen LogP contribution in [0.3, 0.4) is 0 Å². The highest BCUT2D eigenvalue weighted by molar-refractivity contribution is 7.89. The lowest BCUT2D eigenvalue weighted by Gasteiger charge is -2.21. The summed E-state index contributed by atoms with van der Waals surface area (Å²) in [6, 6.07) is 12.8. The Kier molecular flexibility index (Phi) is 7.60. The molecule has 0 aliphatic heterocycles. The maximum absolute atomic E-state index is 12.5. The van der Waals surface area contributed by atoms with Crippen LogP contribution in [0.4, 0.5) is 5.69 Å². The van der Waals surface area contributed by atoms with E-state index in [0.717, 1.165) is 5.56 Å². The molecule has 0 bridgehead atoms. The van der Waals surface area contributed by atoms with Gasteiger partial charge in [-0.1, -0.05) is 29.8 Å². The van der Waals surface area contributed by atoms with Crippen molar-refractivity contribution >= 4 is 33.2 Å². The van der Waals surface area contributed by atoms with Crippen molar-refractivity contribution in [2.45, 2.75) is 50.7 Å². The smallest absolute Gasteiger partial charge is 0.241 e. The van der Waals surface area contributed by atoms with E-state index in [1.54, 1.807) is 32.9 Å². The number of amides is 1. The van der Waals surface area contributed by atoms with Gasteiger partial charge in [-0.15, -0.1) is 0 Å². The van der Waals surface area contributed by atoms with Crippen molar-refractivity contribution in [2.24, 2.45) is 0 Å². The molecule has 0 spiro atoms. The number of hydrogen-bond donors (Lipinski definition) is 3. The van der Waals surface area contributed by atoms with E-state index in [2.05, 4.69) is 15.4 Å². The zero-order chi connectivity index (χ0) is 20.9. The van der Waals surface area contributed by atoms with Crippen LogP contribution in [0.2, 0.25) is 5.02 Å². The number of benzene rings is 2. The van der Waals surface area contributed by atoms with Crippen LogP contribution in [-0.4, -0.2) is 26.4 Å². The fourth-order valence-electron chi connectivity index (χ4n) is 2.71. The Morgan fingerprint density at radius 2 is 1.57 bits per heavy atom. The van der Waals surface area contributed by atoms with Crippen molar-refractivity contribution in [3.8, 4) is 0 Å². The summed E-state index contributed by atoms with van der Waals surface area (Å²) in [5.41, 5.74) is 1.43. The Bertz CT molecular complexity index is 915. The quantitative estimate of drug-likeness (QED) is 0.604. The van der Waals surface area contributed by atoms with Gasteiger partial charge >= 0.3 is 0 Å². The number of hydrogen-bond acceptors (Lipinski definition) is 4. The molecule has 0 heterocycles. The van der Waals surface area contributed by atoms with E-state index < -0.39 is 16.1 Å². The van der Waals surface area contributed by atoms with Crippen LogP contribution in [0.5, 0.6) is 0 Å². The Morgan fingerprint density at radius 3 is 2.14 bits per heavy atom. The molecule has 152 valence electrons. The second-order valence-electron chi connectivity index (χ2n) is 6.92. The lowest BCUT2D eigenvalue weighted by atomic mass is 10.1. The predicted octanol–water partition coefficient (Wildman–Crippen LogP) is 3.70. The molecule has 0 saturated heterocycles. The first-order chi connectivity index (χ1) is 13.1. The first-order valence-electron chi connectivity index (χ1n) is 9.04. The third-order valence-corrected chi connectivity index (χ3v) is 6.11. The zero-order valence-electron chi connectivity index (χ0n) is 16.4. The van der Waals surface area contributed by atoms with E-state index in [-0.39, 0.29) is 22.9 Å². The van der Waals surface area contributed by atoms with Crippen molar-refractivity contribution in [3.05, 3.63) is 59.1 Å². The Hall–Kier alpha value is -1.93. The van der Waals surface area contributed by atoms with Crippen LogP contribution >= 0.6 is 11.6 Å². The minimum absolute atomic E-state index is 0.107. The van der Waals surface area contributed by atoms with Gasteiger partial charge in [0, 0.05) is 22.8 Å². The fraction of sp³-hybridized carbons (Fsp3) is 0.350. The molecule has 1 amide bonds. The molecule has 0 aromatic heterocycles. The van der Waals surface area contributed by atoms with Gasteiger partial charge in [-0.05, 0) is 63.6 Å². The molecule has 2 aromatic carbocycles. The molecule has 0 unspecified atom stereocenters. The number of rotatable bonds is 8. The highest BCUT2D eigenvalue weighted by Gasteiger charge is 2.19. The van der Waals surface area contributed by atoms with Gasteiger partial charge in [-0.2, -0.15) is 0 Å². The van der Waals surface area contributed by atoms with Crippen LogP contribution in [0.1, 0.15) is 39.3 Å². The Labute approximate surface area is 171 Å². The summed E-state index contributed by atoms with van der Waals surface area (Å²) in [7, 11) is -3.56. The molecule has 0 saturated carbocycles. The summed E-state index contributed by atoms with van der Waals surface area (Å²) >= 11 is 6.20. The van der Waals surface area contributed by atoms with Crippen molar-refractivity contribution < 1.29 is 13.2 Å². The topological polar surface area (TPSA) is 87.3 Å². The van der Waals surface area contributed by atoms with Crippen LogP contribution in [0, 0.1) is 0 Å². The molecule has 2 rings (SSSR count). The van der Waals surface area contributed by atoms with E-state index in [4.69, 9.17) is 11.6 Å². The number of anilines is 1. The minimum atomic E-state index is -3.56. The summed E-state index contributed by atoms with van der Waals surface area (Å²) in [5.74, 6) is -0.227. The molecule has 6 nitrogen and oxygen atoms in total. The molecule has 0 aliphatic carbocycles. The van der Waals surface area contributed by atoms with Crippen LogP contribution in [-0.2, 0) is 14.8 Å². The van der Waals surface area contributed by atoms with Gasteiger partial charge in [-0.25, -0.2) is 13.1 Å². The summed E-state index contributed by atoms with van der Waals surface area (Å²) in [6.45, 7) is 7.20. The Morgan fingerprint density at radius 1 is 0.964 bits per heavy atom. The van der Waals surface area contributed by atoms with Crippen LogP contribution in [0.15, 0.2) is 53.4 Å². The molecule has 0 aliphatic rings. The molecule has 3 N–H and O–H groups in total. The third-order valence-electron chi connectivity index (χ3n) is 4.09. The number of halogens is 1.